The quantitative estimate of drug-likeness (QED) is 0.634. The molecule has 86 valence electrons. The highest BCUT2D eigenvalue weighted by molar-refractivity contribution is 4.87. The summed E-state index contributed by atoms with van der Waals surface area (Å²) >= 11 is 0. The van der Waals surface area contributed by atoms with Crippen molar-refractivity contribution in [1.29, 1.82) is 0 Å². The van der Waals surface area contributed by atoms with E-state index in [1.807, 2.05) is 0 Å². The van der Waals surface area contributed by atoms with Crippen LogP contribution in [0.2, 0.25) is 0 Å². The van der Waals surface area contributed by atoms with E-state index in [2.05, 4.69) is 20.8 Å². The Labute approximate surface area is 88.9 Å². The van der Waals surface area contributed by atoms with Crippen LogP contribution in [-0.2, 0) is 0 Å². The fourth-order valence-corrected chi connectivity index (χ4v) is 2.58. The zero-order valence-electron chi connectivity index (χ0n) is 10.1. The summed E-state index contributed by atoms with van der Waals surface area (Å²) in [6.45, 7) is 6.81. The topological polar surface area (TPSA) is 46.2 Å². The van der Waals surface area contributed by atoms with Crippen LogP contribution in [0.4, 0.5) is 0 Å². The highest BCUT2D eigenvalue weighted by atomic mass is 16.3. The molecule has 0 fully saturated rings. The highest BCUT2D eigenvalue weighted by Crippen LogP contribution is 2.37. The lowest BCUT2D eigenvalue weighted by molar-refractivity contribution is 0.119. The van der Waals surface area contributed by atoms with Gasteiger partial charge in [0.2, 0.25) is 0 Å². The number of nitrogens with two attached hydrogens (primary N) is 1. The Balaban J connectivity index is 4.53. The van der Waals surface area contributed by atoms with E-state index in [0.29, 0.717) is 0 Å². The summed E-state index contributed by atoms with van der Waals surface area (Å²) in [4.78, 5) is 0. The minimum Gasteiger partial charge on any atom is -0.396 e. The molecule has 2 nitrogen and oxygen atoms in total. The van der Waals surface area contributed by atoms with E-state index in [1.54, 1.807) is 0 Å². The second-order valence-corrected chi connectivity index (χ2v) is 4.35. The molecule has 0 saturated carbocycles. The lowest BCUT2D eigenvalue weighted by Gasteiger charge is -2.38. The Morgan fingerprint density at radius 1 is 1.07 bits per heavy atom. The molecule has 0 spiro atoms. The summed E-state index contributed by atoms with van der Waals surface area (Å²) in [6.07, 6.45) is 6.50. The van der Waals surface area contributed by atoms with Crippen LogP contribution in [-0.4, -0.2) is 17.8 Å². The third-order valence-electron chi connectivity index (χ3n) is 3.33. The molecule has 0 aliphatic heterocycles. The molecular formula is C12H27NO. The van der Waals surface area contributed by atoms with E-state index < -0.39 is 0 Å². The highest BCUT2D eigenvalue weighted by Gasteiger charge is 2.33. The van der Waals surface area contributed by atoms with Gasteiger partial charge in [0.05, 0.1) is 0 Å². The van der Waals surface area contributed by atoms with Crippen molar-refractivity contribution in [2.24, 2.45) is 11.1 Å². The summed E-state index contributed by atoms with van der Waals surface area (Å²) in [7, 11) is 0. The van der Waals surface area contributed by atoms with E-state index in [4.69, 9.17) is 10.8 Å². The number of rotatable bonds is 8. The number of hydrogen-bond acceptors (Lipinski definition) is 2. The van der Waals surface area contributed by atoms with Crippen LogP contribution in [0.25, 0.3) is 0 Å². The van der Waals surface area contributed by atoms with Crippen LogP contribution in [0, 0.1) is 5.41 Å². The molecule has 2 heteroatoms. The van der Waals surface area contributed by atoms with E-state index in [9.17, 15) is 0 Å². The summed E-state index contributed by atoms with van der Waals surface area (Å²) in [5, 5.41) is 9.14. The van der Waals surface area contributed by atoms with Gasteiger partial charge < -0.3 is 10.8 Å². The Morgan fingerprint density at radius 3 is 1.86 bits per heavy atom. The smallest absolute Gasteiger partial charge is 0.0436 e. The van der Waals surface area contributed by atoms with Crippen LogP contribution >= 0.6 is 0 Å². The van der Waals surface area contributed by atoms with Gasteiger partial charge in [-0.3, -0.25) is 0 Å². The van der Waals surface area contributed by atoms with Crippen molar-refractivity contribution in [3.63, 3.8) is 0 Å². The van der Waals surface area contributed by atoms with Crippen LogP contribution in [0.1, 0.15) is 59.3 Å². The van der Waals surface area contributed by atoms with Crippen molar-refractivity contribution in [2.75, 3.05) is 6.61 Å². The normalized spacial score (nSPS) is 14.4. The van der Waals surface area contributed by atoms with Crippen molar-refractivity contribution >= 4 is 0 Å². The summed E-state index contributed by atoms with van der Waals surface area (Å²) in [5.74, 6) is 0. The lowest BCUT2D eigenvalue weighted by atomic mass is 9.70. The van der Waals surface area contributed by atoms with Crippen LogP contribution < -0.4 is 5.73 Å². The van der Waals surface area contributed by atoms with Gasteiger partial charge in [-0.25, -0.2) is 0 Å². The maximum Gasteiger partial charge on any atom is 0.0436 e. The monoisotopic (exact) mass is 201 g/mol. The molecule has 0 aromatic rings. The average Bonchev–Trinajstić information content (AvgIpc) is 2.17. The van der Waals surface area contributed by atoms with Crippen molar-refractivity contribution in [1.82, 2.24) is 0 Å². The van der Waals surface area contributed by atoms with Crippen molar-refractivity contribution in [3.8, 4) is 0 Å². The fraction of sp³-hybridized carbons (Fsp3) is 1.00. The van der Waals surface area contributed by atoms with Gasteiger partial charge in [-0.15, -0.1) is 0 Å². The molecule has 0 saturated heterocycles. The Bertz CT molecular complexity index is 119. The minimum atomic E-state index is 0.188. The first kappa shape index (κ1) is 13.9. The van der Waals surface area contributed by atoms with Gasteiger partial charge in [-0.1, -0.05) is 33.6 Å². The first-order valence-corrected chi connectivity index (χ1v) is 6.03. The van der Waals surface area contributed by atoms with Gasteiger partial charge in [0.1, 0.15) is 0 Å². The molecule has 0 aliphatic rings. The second-order valence-electron chi connectivity index (χ2n) is 4.35. The first-order chi connectivity index (χ1) is 6.66. The third-order valence-corrected chi connectivity index (χ3v) is 3.33. The molecule has 0 aromatic carbocycles. The molecule has 0 heterocycles. The maximum absolute atomic E-state index is 9.14. The Hall–Kier alpha value is -0.0800. The van der Waals surface area contributed by atoms with Gasteiger partial charge in [0, 0.05) is 12.6 Å². The van der Waals surface area contributed by atoms with Crippen molar-refractivity contribution < 1.29 is 5.11 Å². The molecule has 1 unspecified atom stereocenters. The van der Waals surface area contributed by atoms with Crippen molar-refractivity contribution in [3.05, 3.63) is 0 Å². The fourth-order valence-electron chi connectivity index (χ4n) is 2.58. The van der Waals surface area contributed by atoms with Crippen LogP contribution in [0.5, 0.6) is 0 Å². The van der Waals surface area contributed by atoms with E-state index >= 15 is 0 Å². The minimum absolute atomic E-state index is 0.188. The van der Waals surface area contributed by atoms with Gasteiger partial charge >= 0.3 is 0 Å². The first-order valence-electron chi connectivity index (χ1n) is 6.03. The molecule has 0 bridgehead atoms. The third kappa shape index (κ3) is 3.58. The SMILES string of the molecule is CCCC(CCC)(CCO)C(N)CC. The molecule has 0 aromatic heterocycles. The summed E-state index contributed by atoms with van der Waals surface area (Å²) in [6, 6.07) is 0.245. The predicted molar refractivity (Wildman–Crippen MR) is 62.2 cm³/mol. The number of hydrogen-bond donors (Lipinski definition) is 2. The van der Waals surface area contributed by atoms with Gasteiger partial charge in [-0.05, 0) is 31.1 Å². The lowest BCUT2D eigenvalue weighted by Crippen LogP contribution is -2.42. The largest absolute Gasteiger partial charge is 0.396 e. The standard InChI is InChI=1S/C12H27NO/c1-4-7-12(8-5-2,9-10-14)11(13)6-3/h11,14H,4-10,13H2,1-3H3. The summed E-state index contributed by atoms with van der Waals surface area (Å²) < 4.78 is 0. The number of aliphatic hydroxyl groups excluding tert-OH is 1. The summed E-state index contributed by atoms with van der Waals surface area (Å²) in [5.41, 5.74) is 6.39. The molecule has 0 amide bonds. The van der Waals surface area contributed by atoms with Crippen LogP contribution in [0.3, 0.4) is 0 Å². The zero-order valence-corrected chi connectivity index (χ0v) is 10.1. The van der Waals surface area contributed by atoms with Gasteiger partial charge in [0.15, 0.2) is 0 Å². The molecule has 14 heavy (non-hydrogen) atoms. The maximum atomic E-state index is 9.14. The predicted octanol–water partition coefficient (Wildman–Crippen LogP) is 2.69. The average molecular weight is 201 g/mol. The van der Waals surface area contributed by atoms with E-state index in [-0.39, 0.29) is 18.1 Å². The van der Waals surface area contributed by atoms with E-state index in [0.717, 1.165) is 38.5 Å². The van der Waals surface area contributed by atoms with E-state index in [1.165, 1.54) is 0 Å². The van der Waals surface area contributed by atoms with Gasteiger partial charge in [-0.2, -0.15) is 0 Å². The molecule has 3 N–H and O–H groups in total. The Morgan fingerprint density at radius 2 is 1.57 bits per heavy atom. The van der Waals surface area contributed by atoms with Gasteiger partial charge in [0.25, 0.3) is 0 Å². The molecule has 1 atom stereocenters. The van der Waals surface area contributed by atoms with Crippen LogP contribution in [0.15, 0.2) is 0 Å². The second kappa shape index (κ2) is 7.24. The zero-order chi connectivity index (χ0) is 11.0. The Kier molecular flexibility index (Phi) is 7.20. The molecule has 0 rings (SSSR count). The molecule has 0 radical (unpaired) electrons. The van der Waals surface area contributed by atoms with Crippen molar-refractivity contribution in [2.45, 2.75) is 65.3 Å². The molecule has 0 aliphatic carbocycles. The molecular weight excluding hydrogens is 174 g/mol. The number of aliphatic hydroxyl groups is 1.